The highest BCUT2D eigenvalue weighted by Gasteiger charge is 2.27. The predicted octanol–water partition coefficient (Wildman–Crippen LogP) is 3.81. The summed E-state index contributed by atoms with van der Waals surface area (Å²) < 4.78 is 32.9. The highest BCUT2D eigenvalue weighted by atomic mass is 32.2. The van der Waals surface area contributed by atoms with E-state index in [1.807, 2.05) is 37.3 Å². The lowest BCUT2D eigenvalue weighted by molar-refractivity contribution is -0.119. The van der Waals surface area contributed by atoms with E-state index < -0.39 is 10.0 Å². The van der Waals surface area contributed by atoms with Crippen LogP contribution >= 0.6 is 0 Å². The number of para-hydroxylation sites is 1. The summed E-state index contributed by atoms with van der Waals surface area (Å²) in [5.74, 6) is 0.287. The van der Waals surface area contributed by atoms with Crippen molar-refractivity contribution in [3.05, 3.63) is 90.5 Å². The number of ether oxygens (including phenoxy) is 1. The Kier molecular flexibility index (Phi) is 7.31. The third kappa shape index (κ3) is 5.64. The van der Waals surface area contributed by atoms with Gasteiger partial charge in [0.25, 0.3) is 10.0 Å². The fourth-order valence-corrected chi connectivity index (χ4v) is 4.56. The number of carbonyl (C=O) groups excluding carboxylic acids is 1. The summed E-state index contributed by atoms with van der Waals surface area (Å²) in [7, 11) is -2.43. The number of carbonyl (C=O) groups is 1. The molecule has 31 heavy (non-hydrogen) atoms. The molecule has 0 aliphatic carbocycles. The second-order valence-corrected chi connectivity index (χ2v) is 9.00. The molecule has 0 bridgehead atoms. The zero-order chi connectivity index (χ0) is 22.3. The van der Waals surface area contributed by atoms with Gasteiger partial charge in [0.05, 0.1) is 17.7 Å². The van der Waals surface area contributed by atoms with Crippen molar-refractivity contribution < 1.29 is 17.9 Å². The van der Waals surface area contributed by atoms with Crippen molar-refractivity contribution in [1.82, 2.24) is 5.32 Å². The molecular weight excluding hydrogens is 412 g/mol. The molecule has 0 radical (unpaired) electrons. The van der Waals surface area contributed by atoms with Gasteiger partial charge < -0.3 is 10.1 Å². The van der Waals surface area contributed by atoms with Gasteiger partial charge in [-0.05, 0) is 47.9 Å². The average molecular weight is 439 g/mol. The monoisotopic (exact) mass is 438 g/mol. The van der Waals surface area contributed by atoms with Gasteiger partial charge in [0.15, 0.2) is 0 Å². The second-order valence-electron chi connectivity index (χ2n) is 7.14. The van der Waals surface area contributed by atoms with Crippen LogP contribution in [0.5, 0.6) is 5.75 Å². The van der Waals surface area contributed by atoms with Crippen LogP contribution < -0.4 is 14.4 Å². The summed E-state index contributed by atoms with van der Waals surface area (Å²) in [5, 5.41) is 2.86. The van der Waals surface area contributed by atoms with E-state index in [4.69, 9.17) is 4.74 Å². The van der Waals surface area contributed by atoms with E-state index in [0.29, 0.717) is 18.0 Å². The Labute approximate surface area is 183 Å². The van der Waals surface area contributed by atoms with Crippen LogP contribution in [0.2, 0.25) is 0 Å². The van der Waals surface area contributed by atoms with Crippen molar-refractivity contribution >= 4 is 21.6 Å². The fraction of sp³-hybridized carbons (Fsp3) is 0.208. The zero-order valence-electron chi connectivity index (χ0n) is 17.6. The van der Waals surface area contributed by atoms with Crippen LogP contribution in [0.25, 0.3) is 0 Å². The normalized spacial score (nSPS) is 12.1. The van der Waals surface area contributed by atoms with E-state index >= 15 is 0 Å². The first-order valence-electron chi connectivity index (χ1n) is 9.95. The van der Waals surface area contributed by atoms with E-state index in [9.17, 15) is 13.2 Å². The fourth-order valence-electron chi connectivity index (χ4n) is 3.14. The molecular formula is C24H26N2O4S. The number of rotatable bonds is 9. The molecule has 162 valence electrons. The Morgan fingerprint density at radius 3 is 2.10 bits per heavy atom. The van der Waals surface area contributed by atoms with Crippen LogP contribution in [0.4, 0.5) is 5.69 Å². The molecule has 3 aromatic rings. The highest BCUT2D eigenvalue weighted by Crippen LogP contribution is 2.25. The molecule has 0 aliphatic rings. The zero-order valence-corrected chi connectivity index (χ0v) is 18.4. The van der Waals surface area contributed by atoms with E-state index in [1.54, 1.807) is 42.5 Å². The Morgan fingerprint density at radius 1 is 0.935 bits per heavy atom. The molecule has 3 rings (SSSR count). The Balaban J connectivity index is 1.78. The number of hydrogen-bond donors (Lipinski definition) is 1. The van der Waals surface area contributed by atoms with Gasteiger partial charge in [0, 0.05) is 6.54 Å². The Bertz CT molecular complexity index is 1090. The quantitative estimate of drug-likeness (QED) is 0.551. The third-order valence-electron chi connectivity index (χ3n) is 4.95. The van der Waals surface area contributed by atoms with Crippen LogP contribution in [-0.4, -0.2) is 34.5 Å². The first-order valence-corrected chi connectivity index (χ1v) is 11.4. The van der Waals surface area contributed by atoms with Gasteiger partial charge in [-0.15, -0.1) is 0 Å². The Hall–Kier alpha value is -3.32. The molecule has 3 aromatic carbocycles. The van der Waals surface area contributed by atoms with Crippen molar-refractivity contribution in [3.8, 4) is 5.75 Å². The van der Waals surface area contributed by atoms with Crippen LogP contribution in [0.1, 0.15) is 18.4 Å². The lowest BCUT2D eigenvalue weighted by Gasteiger charge is -2.24. The Morgan fingerprint density at radius 2 is 1.52 bits per heavy atom. The first kappa shape index (κ1) is 22.4. The summed E-state index contributed by atoms with van der Waals surface area (Å²) in [6.07, 6.45) is 0. The van der Waals surface area contributed by atoms with Gasteiger partial charge in [0.1, 0.15) is 12.3 Å². The van der Waals surface area contributed by atoms with Gasteiger partial charge in [0.2, 0.25) is 5.91 Å². The van der Waals surface area contributed by atoms with Crippen molar-refractivity contribution in [2.45, 2.75) is 17.7 Å². The van der Waals surface area contributed by atoms with Crippen LogP contribution in [0.15, 0.2) is 89.8 Å². The van der Waals surface area contributed by atoms with E-state index in [2.05, 4.69) is 5.32 Å². The standard InChI is InChI=1S/C24H26N2O4S/c1-19(20-9-5-3-6-10-20)17-25-24(27)18-26(21-11-7-4-8-12-21)31(28,29)23-15-13-22(30-2)14-16-23/h3-16,19H,17-18H2,1-2H3,(H,25,27). The van der Waals surface area contributed by atoms with E-state index in [0.717, 1.165) is 9.87 Å². The summed E-state index contributed by atoms with van der Waals surface area (Å²) in [4.78, 5) is 12.8. The molecule has 1 unspecified atom stereocenters. The van der Waals surface area contributed by atoms with Crippen molar-refractivity contribution in [2.75, 3.05) is 24.5 Å². The molecule has 0 aliphatic heterocycles. The lowest BCUT2D eigenvalue weighted by atomic mass is 10.0. The highest BCUT2D eigenvalue weighted by molar-refractivity contribution is 7.92. The second kappa shape index (κ2) is 10.1. The predicted molar refractivity (Wildman–Crippen MR) is 122 cm³/mol. The minimum Gasteiger partial charge on any atom is -0.497 e. The largest absolute Gasteiger partial charge is 0.497 e. The molecule has 1 N–H and O–H groups in total. The van der Waals surface area contributed by atoms with Gasteiger partial charge in [-0.1, -0.05) is 55.5 Å². The summed E-state index contributed by atoms with van der Waals surface area (Å²) >= 11 is 0. The number of benzene rings is 3. The van der Waals surface area contributed by atoms with Gasteiger partial charge in [-0.25, -0.2) is 8.42 Å². The molecule has 0 spiro atoms. The molecule has 7 heteroatoms. The number of sulfonamides is 1. The molecule has 0 saturated carbocycles. The molecule has 1 atom stereocenters. The minimum atomic E-state index is -3.95. The van der Waals surface area contributed by atoms with E-state index in [1.165, 1.54) is 19.2 Å². The number of methoxy groups -OCH3 is 1. The molecule has 6 nitrogen and oxygen atoms in total. The summed E-state index contributed by atoms with van der Waals surface area (Å²) in [6.45, 7) is 2.10. The topological polar surface area (TPSA) is 75.7 Å². The molecule has 0 saturated heterocycles. The van der Waals surface area contributed by atoms with Crippen LogP contribution in [-0.2, 0) is 14.8 Å². The molecule has 0 aromatic heterocycles. The minimum absolute atomic E-state index is 0.0857. The summed E-state index contributed by atoms with van der Waals surface area (Å²) in [6, 6.07) is 24.6. The third-order valence-corrected chi connectivity index (χ3v) is 6.74. The maximum Gasteiger partial charge on any atom is 0.264 e. The number of amides is 1. The van der Waals surface area contributed by atoms with Gasteiger partial charge in [-0.3, -0.25) is 9.10 Å². The SMILES string of the molecule is COc1ccc(S(=O)(=O)N(CC(=O)NCC(C)c2ccccc2)c2ccccc2)cc1. The molecule has 0 fully saturated rings. The number of hydrogen-bond acceptors (Lipinski definition) is 4. The van der Waals surface area contributed by atoms with Crippen molar-refractivity contribution in [3.63, 3.8) is 0 Å². The van der Waals surface area contributed by atoms with Crippen molar-refractivity contribution in [1.29, 1.82) is 0 Å². The number of nitrogens with zero attached hydrogens (tertiary/aromatic N) is 1. The van der Waals surface area contributed by atoms with Gasteiger partial charge in [-0.2, -0.15) is 0 Å². The van der Waals surface area contributed by atoms with Crippen LogP contribution in [0, 0.1) is 0 Å². The molecule has 1 amide bonds. The van der Waals surface area contributed by atoms with Crippen LogP contribution in [0.3, 0.4) is 0 Å². The lowest BCUT2D eigenvalue weighted by Crippen LogP contribution is -2.41. The smallest absolute Gasteiger partial charge is 0.264 e. The van der Waals surface area contributed by atoms with Gasteiger partial charge >= 0.3 is 0 Å². The summed E-state index contributed by atoms with van der Waals surface area (Å²) in [5.41, 5.74) is 1.53. The van der Waals surface area contributed by atoms with Crippen molar-refractivity contribution in [2.24, 2.45) is 0 Å². The number of nitrogens with one attached hydrogen (secondary N) is 1. The maximum atomic E-state index is 13.3. The average Bonchev–Trinajstić information content (AvgIpc) is 2.82. The maximum absolute atomic E-state index is 13.3. The van der Waals surface area contributed by atoms with E-state index in [-0.39, 0.29) is 23.3 Å². The number of anilines is 1. The molecule has 0 heterocycles. The first-order chi connectivity index (χ1) is 14.9.